The molecule has 1 saturated carbocycles. The molecular formula is C27H44O3Si. The van der Waals surface area contributed by atoms with Gasteiger partial charge in [0.1, 0.15) is 11.5 Å². The molecule has 0 amide bonds. The molecule has 0 spiro atoms. The van der Waals surface area contributed by atoms with Crippen molar-refractivity contribution in [3.8, 4) is 5.75 Å². The largest absolute Gasteiger partial charge is 0.508 e. The summed E-state index contributed by atoms with van der Waals surface area (Å²) in [4.78, 5) is 23.8. The van der Waals surface area contributed by atoms with Crippen LogP contribution in [-0.4, -0.2) is 24.0 Å². The van der Waals surface area contributed by atoms with Crippen LogP contribution in [0.25, 0.3) is 0 Å². The summed E-state index contributed by atoms with van der Waals surface area (Å²) in [6.45, 7) is 10.9. The van der Waals surface area contributed by atoms with E-state index < -0.39 is 8.32 Å². The number of Topliss-reactive ketones (excluding diaryl/α,β-unsaturated/α-hetero) is 1. The molecule has 4 heteroatoms. The maximum Gasteiger partial charge on any atom is 0.188 e. The molecule has 0 saturated heterocycles. The van der Waals surface area contributed by atoms with Crippen molar-refractivity contribution in [2.24, 2.45) is 23.7 Å². The average molecular weight is 445 g/mol. The number of hydrogen-bond donors (Lipinski definition) is 2. The lowest BCUT2D eigenvalue weighted by molar-refractivity contribution is -0.121. The van der Waals surface area contributed by atoms with E-state index in [0.29, 0.717) is 35.7 Å². The Morgan fingerprint density at radius 2 is 1.87 bits per heavy atom. The molecule has 2 aliphatic carbocycles. The maximum atomic E-state index is 13.0. The zero-order valence-electron chi connectivity index (χ0n) is 20.4. The van der Waals surface area contributed by atoms with E-state index >= 15 is 0 Å². The van der Waals surface area contributed by atoms with Gasteiger partial charge >= 0.3 is 0 Å². The van der Waals surface area contributed by atoms with Gasteiger partial charge in [0.15, 0.2) is 8.32 Å². The Hall–Kier alpha value is -1.13. The molecule has 4 atom stereocenters. The Balaban J connectivity index is 1.68. The summed E-state index contributed by atoms with van der Waals surface area (Å²) in [5.74, 6) is 2.46. The Labute approximate surface area is 190 Å². The summed E-state index contributed by atoms with van der Waals surface area (Å²) >= 11 is 0. The van der Waals surface area contributed by atoms with E-state index in [0.717, 1.165) is 37.7 Å². The van der Waals surface area contributed by atoms with Crippen LogP contribution >= 0.6 is 0 Å². The Kier molecular flexibility index (Phi) is 7.73. The Bertz CT molecular complexity index is 764. The number of aromatic hydroxyl groups is 1. The number of carbonyl (C=O) groups is 1. The molecule has 0 aliphatic heterocycles. The van der Waals surface area contributed by atoms with Crippen LogP contribution in [0.4, 0.5) is 0 Å². The van der Waals surface area contributed by atoms with Gasteiger partial charge in [-0.05, 0) is 85.2 Å². The molecule has 0 heterocycles. The highest BCUT2D eigenvalue weighted by Gasteiger charge is 2.45. The van der Waals surface area contributed by atoms with Crippen molar-refractivity contribution in [3.63, 3.8) is 0 Å². The van der Waals surface area contributed by atoms with E-state index in [1.807, 2.05) is 6.07 Å². The lowest BCUT2D eigenvalue weighted by atomic mass is 9.73. The fraction of sp³-hybridized carbons (Fsp3) is 0.741. The van der Waals surface area contributed by atoms with Crippen LogP contribution in [0.1, 0.15) is 83.3 Å². The Morgan fingerprint density at radius 3 is 2.55 bits per heavy atom. The maximum absolute atomic E-state index is 13.0. The minimum absolute atomic E-state index is 0.00654. The van der Waals surface area contributed by atoms with Gasteiger partial charge in [0.2, 0.25) is 0 Å². The lowest BCUT2D eigenvalue weighted by Gasteiger charge is -2.38. The van der Waals surface area contributed by atoms with Gasteiger partial charge in [0.05, 0.1) is 0 Å². The third kappa shape index (κ3) is 5.62. The molecule has 31 heavy (non-hydrogen) atoms. The summed E-state index contributed by atoms with van der Waals surface area (Å²) in [5.41, 5.74) is 2.32. The first-order valence-electron chi connectivity index (χ1n) is 12.6. The normalized spacial score (nSPS) is 24.7. The molecule has 0 unspecified atom stereocenters. The molecular weight excluding hydrogens is 400 g/mol. The van der Waals surface area contributed by atoms with Crippen molar-refractivity contribution in [1.82, 2.24) is 0 Å². The van der Waals surface area contributed by atoms with Crippen LogP contribution in [0.2, 0.25) is 18.1 Å². The number of unbranched alkanes of at least 4 members (excludes halogenated alkanes) is 2. The second-order valence-electron chi connectivity index (χ2n) is 11.6. The van der Waals surface area contributed by atoms with Gasteiger partial charge in [0, 0.05) is 12.3 Å². The van der Waals surface area contributed by atoms with Gasteiger partial charge in [-0.1, -0.05) is 58.6 Å². The van der Waals surface area contributed by atoms with Gasteiger partial charge in [-0.15, -0.1) is 0 Å². The molecule has 1 aromatic carbocycles. The van der Waals surface area contributed by atoms with Crippen molar-refractivity contribution in [1.29, 1.82) is 0 Å². The summed E-state index contributed by atoms with van der Waals surface area (Å²) in [6.07, 6.45) is 10.6. The lowest BCUT2D eigenvalue weighted by Crippen LogP contribution is -2.40. The summed E-state index contributed by atoms with van der Waals surface area (Å²) in [7, 11) is -2.23. The minimum atomic E-state index is -2.23. The van der Waals surface area contributed by atoms with E-state index in [2.05, 4.69) is 39.9 Å². The summed E-state index contributed by atoms with van der Waals surface area (Å²) in [6, 6.07) is 5.85. The molecule has 174 valence electrons. The molecule has 3 rings (SSSR count). The standard InChI is InChI=1S/C27H44O3Si/c1-6-7-8-10-19(18-27(2,3)31(4,5)30)13-14-22-23-15-20-11-9-12-25(28)24(20)16-21(23)17-26(22)29/h9,11-12,19,21-23,28,30H,6-8,10,13-18H2,1-5H3/t19-,21+,22+,23+/m0/s1. The van der Waals surface area contributed by atoms with Crippen LogP contribution < -0.4 is 0 Å². The first-order chi connectivity index (χ1) is 14.5. The van der Waals surface area contributed by atoms with E-state index in [9.17, 15) is 14.7 Å². The number of benzene rings is 1. The van der Waals surface area contributed by atoms with Crippen LogP contribution in [0, 0.1) is 23.7 Å². The fourth-order valence-corrected chi connectivity index (χ4v) is 6.81. The quantitative estimate of drug-likeness (QED) is 0.313. The average Bonchev–Trinajstić information content (AvgIpc) is 2.98. The van der Waals surface area contributed by atoms with Crippen molar-refractivity contribution in [2.45, 2.75) is 103 Å². The molecule has 1 aromatic rings. The monoisotopic (exact) mass is 444 g/mol. The van der Waals surface area contributed by atoms with Crippen molar-refractivity contribution >= 4 is 14.1 Å². The first-order valence-corrected chi connectivity index (χ1v) is 15.5. The van der Waals surface area contributed by atoms with Gasteiger partial charge in [-0.3, -0.25) is 4.79 Å². The SMILES string of the molecule is CCCCC[C@@H](CC[C@H]1C(=O)C[C@H]2Cc3c(O)cccc3C[C@H]21)CC(C)(C)[Si](C)(C)O. The first kappa shape index (κ1) is 24.5. The summed E-state index contributed by atoms with van der Waals surface area (Å²) in [5, 5.41) is 10.3. The smallest absolute Gasteiger partial charge is 0.188 e. The number of phenolic OH excluding ortho intramolecular Hbond substituents is 1. The van der Waals surface area contributed by atoms with Crippen molar-refractivity contribution in [2.75, 3.05) is 0 Å². The number of phenols is 1. The third-order valence-electron chi connectivity index (χ3n) is 8.73. The van der Waals surface area contributed by atoms with Crippen LogP contribution in [0.5, 0.6) is 5.75 Å². The Morgan fingerprint density at radius 1 is 1.13 bits per heavy atom. The van der Waals surface area contributed by atoms with E-state index in [1.54, 1.807) is 6.07 Å². The predicted molar refractivity (Wildman–Crippen MR) is 131 cm³/mol. The van der Waals surface area contributed by atoms with Gasteiger partial charge in [0.25, 0.3) is 0 Å². The van der Waals surface area contributed by atoms with Crippen LogP contribution in [-0.2, 0) is 17.6 Å². The van der Waals surface area contributed by atoms with E-state index in [4.69, 9.17) is 0 Å². The highest BCUT2D eigenvalue weighted by atomic mass is 28.4. The second kappa shape index (κ2) is 9.78. The van der Waals surface area contributed by atoms with Crippen molar-refractivity contribution in [3.05, 3.63) is 29.3 Å². The van der Waals surface area contributed by atoms with E-state index in [1.165, 1.54) is 31.2 Å². The van der Waals surface area contributed by atoms with Gasteiger partial charge in [-0.2, -0.15) is 0 Å². The molecule has 0 radical (unpaired) electrons. The molecule has 3 nitrogen and oxygen atoms in total. The van der Waals surface area contributed by atoms with Crippen molar-refractivity contribution < 1.29 is 14.7 Å². The molecule has 0 aromatic heterocycles. The third-order valence-corrected chi connectivity index (χ3v) is 12.2. The zero-order valence-corrected chi connectivity index (χ0v) is 21.4. The molecule has 0 bridgehead atoms. The number of hydrogen-bond acceptors (Lipinski definition) is 3. The summed E-state index contributed by atoms with van der Waals surface area (Å²) < 4.78 is 0. The molecule has 2 N–H and O–H groups in total. The number of fused-ring (bicyclic) bond motifs is 2. The van der Waals surface area contributed by atoms with Gasteiger partial charge < -0.3 is 9.90 Å². The van der Waals surface area contributed by atoms with Crippen LogP contribution in [0.3, 0.4) is 0 Å². The second-order valence-corrected chi connectivity index (χ2v) is 16.1. The molecule has 2 aliphatic rings. The zero-order chi connectivity index (χ0) is 22.8. The number of ketones is 1. The predicted octanol–water partition coefficient (Wildman–Crippen LogP) is 6.66. The van der Waals surface area contributed by atoms with E-state index in [-0.39, 0.29) is 11.0 Å². The highest BCUT2D eigenvalue weighted by Crippen LogP contribution is 2.48. The van der Waals surface area contributed by atoms with Gasteiger partial charge in [-0.25, -0.2) is 0 Å². The topological polar surface area (TPSA) is 57.5 Å². The van der Waals surface area contributed by atoms with Crippen LogP contribution in [0.15, 0.2) is 18.2 Å². The highest BCUT2D eigenvalue weighted by molar-refractivity contribution is 6.72. The number of carbonyl (C=O) groups excluding carboxylic acids is 1. The minimum Gasteiger partial charge on any atom is -0.508 e. The number of rotatable bonds is 10. The molecule has 1 fully saturated rings. The fourth-order valence-electron chi connectivity index (χ4n) is 6.02.